The molecule has 0 bridgehead atoms. The van der Waals surface area contributed by atoms with Crippen molar-refractivity contribution in [3.63, 3.8) is 0 Å². The lowest BCUT2D eigenvalue weighted by Crippen LogP contribution is -2.40. The molecule has 1 aliphatic heterocycles. The molecule has 1 atom stereocenters. The number of hydrogen-bond donors (Lipinski definition) is 1. The molecule has 0 radical (unpaired) electrons. The summed E-state index contributed by atoms with van der Waals surface area (Å²) in [5.41, 5.74) is 2.30. The first-order valence-electron chi connectivity index (χ1n) is 10.4. The molecule has 3 aromatic rings. The van der Waals surface area contributed by atoms with E-state index in [9.17, 15) is 14.4 Å². The Labute approximate surface area is 174 Å². The third kappa shape index (κ3) is 3.87. The highest BCUT2D eigenvalue weighted by molar-refractivity contribution is 5.81. The Morgan fingerprint density at radius 2 is 1.67 bits per heavy atom. The summed E-state index contributed by atoms with van der Waals surface area (Å²) in [5.74, 6) is -0.135. The third-order valence-electron chi connectivity index (χ3n) is 5.65. The molecule has 4 rings (SSSR count). The van der Waals surface area contributed by atoms with E-state index >= 15 is 0 Å². The van der Waals surface area contributed by atoms with Crippen LogP contribution < -0.4 is 11.0 Å². The first-order valence-corrected chi connectivity index (χ1v) is 10.4. The van der Waals surface area contributed by atoms with Gasteiger partial charge in [-0.05, 0) is 31.0 Å². The van der Waals surface area contributed by atoms with Gasteiger partial charge in [0.05, 0.1) is 17.1 Å². The van der Waals surface area contributed by atoms with Crippen molar-refractivity contribution in [3.05, 3.63) is 70.6 Å². The summed E-state index contributed by atoms with van der Waals surface area (Å²) in [4.78, 5) is 39.7. The van der Waals surface area contributed by atoms with Crippen molar-refractivity contribution in [2.45, 2.75) is 38.9 Å². The molecule has 7 heteroatoms. The number of likely N-dealkylation sites (tertiary alicyclic amines) is 1. The maximum Gasteiger partial charge on any atom is 0.329 e. The normalized spacial score (nSPS) is 15.0. The third-order valence-corrected chi connectivity index (χ3v) is 5.65. The highest BCUT2D eigenvalue weighted by Crippen LogP contribution is 2.19. The zero-order valence-electron chi connectivity index (χ0n) is 17.1. The van der Waals surface area contributed by atoms with Gasteiger partial charge in [0.25, 0.3) is 0 Å². The zero-order chi connectivity index (χ0) is 21.1. The number of para-hydroxylation sites is 2. The van der Waals surface area contributed by atoms with Crippen molar-refractivity contribution < 1.29 is 9.59 Å². The van der Waals surface area contributed by atoms with Gasteiger partial charge in [0.2, 0.25) is 11.8 Å². The Hall–Kier alpha value is -3.35. The van der Waals surface area contributed by atoms with Crippen molar-refractivity contribution in [3.8, 4) is 0 Å². The van der Waals surface area contributed by atoms with Crippen LogP contribution >= 0.6 is 0 Å². The van der Waals surface area contributed by atoms with E-state index in [1.54, 1.807) is 9.47 Å². The molecule has 1 unspecified atom stereocenters. The number of carbonyl (C=O) groups is 2. The van der Waals surface area contributed by atoms with Gasteiger partial charge in [-0.1, -0.05) is 42.5 Å². The molecule has 2 aromatic carbocycles. The summed E-state index contributed by atoms with van der Waals surface area (Å²) < 4.78 is 3.18. The maximum absolute atomic E-state index is 13.0. The molecule has 1 aromatic heterocycles. The Kier molecular flexibility index (Phi) is 5.70. The minimum Gasteiger partial charge on any atom is -0.346 e. The van der Waals surface area contributed by atoms with Crippen LogP contribution in [-0.2, 0) is 22.7 Å². The highest BCUT2D eigenvalue weighted by atomic mass is 16.2. The molecule has 156 valence electrons. The summed E-state index contributed by atoms with van der Waals surface area (Å²) in [6.45, 7) is 3.53. The number of aryl methyl sites for hydroxylation is 1. The van der Waals surface area contributed by atoms with Crippen molar-refractivity contribution in [2.75, 3.05) is 13.1 Å². The van der Waals surface area contributed by atoms with E-state index in [2.05, 4.69) is 5.32 Å². The predicted octanol–water partition coefficient (Wildman–Crippen LogP) is 2.30. The van der Waals surface area contributed by atoms with Gasteiger partial charge in [-0.2, -0.15) is 0 Å². The number of aromatic nitrogens is 2. The SMILES string of the molecule is CCn1c(=O)n(CC(=O)NC(CN2CCCC2=O)c2ccccc2)c2ccccc21. The fourth-order valence-electron chi connectivity index (χ4n) is 4.15. The first kappa shape index (κ1) is 19.9. The molecule has 2 amide bonds. The van der Waals surface area contributed by atoms with Crippen LogP contribution in [0, 0.1) is 0 Å². The fraction of sp³-hybridized carbons (Fsp3) is 0.348. The fourth-order valence-corrected chi connectivity index (χ4v) is 4.15. The molecule has 1 saturated heterocycles. The molecule has 30 heavy (non-hydrogen) atoms. The second-order valence-electron chi connectivity index (χ2n) is 7.58. The number of fused-ring (bicyclic) bond motifs is 1. The Morgan fingerprint density at radius 3 is 2.30 bits per heavy atom. The number of carbonyl (C=O) groups excluding carboxylic acids is 2. The van der Waals surface area contributed by atoms with Crippen LogP contribution in [0.25, 0.3) is 11.0 Å². The Bertz CT molecular complexity index is 1120. The van der Waals surface area contributed by atoms with Crippen LogP contribution in [0.1, 0.15) is 31.4 Å². The van der Waals surface area contributed by atoms with Crippen LogP contribution in [0.15, 0.2) is 59.4 Å². The van der Waals surface area contributed by atoms with E-state index in [1.165, 1.54) is 4.57 Å². The van der Waals surface area contributed by atoms with Crippen LogP contribution in [0.2, 0.25) is 0 Å². The minimum atomic E-state index is -0.323. The number of amides is 2. The highest BCUT2D eigenvalue weighted by Gasteiger charge is 2.25. The number of nitrogens with zero attached hydrogens (tertiary/aromatic N) is 3. The molecular weight excluding hydrogens is 380 g/mol. The summed E-state index contributed by atoms with van der Waals surface area (Å²) >= 11 is 0. The molecule has 2 heterocycles. The van der Waals surface area contributed by atoms with E-state index in [0.717, 1.165) is 23.0 Å². The average molecular weight is 406 g/mol. The summed E-state index contributed by atoms with van der Waals surface area (Å²) in [7, 11) is 0. The largest absolute Gasteiger partial charge is 0.346 e. The second kappa shape index (κ2) is 8.57. The van der Waals surface area contributed by atoms with Crippen LogP contribution in [0.4, 0.5) is 0 Å². The van der Waals surface area contributed by atoms with Gasteiger partial charge in [-0.25, -0.2) is 4.79 Å². The topological polar surface area (TPSA) is 76.3 Å². The minimum absolute atomic E-state index is 0.0658. The van der Waals surface area contributed by atoms with Gasteiger partial charge in [0.1, 0.15) is 6.54 Å². The summed E-state index contributed by atoms with van der Waals surface area (Å²) in [5, 5.41) is 3.05. The molecule has 1 N–H and O–H groups in total. The van der Waals surface area contributed by atoms with Crippen LogP contribution in [0.3, 0.4) is 0 Å². The van der Waals surface area contributed by atoms with E-state index in [-0.39, 0.29) is 30.1 Å². The van der Waals surface area contributed by atoms with Crippen molar-refractivity contribution in [1.82, 2.24) is 19.4 Å². The number of imidazole rings is 1. The predicted molar refractivity (Wildman–Crippen MR) is 115 cm³/mol. The van der Waals surface area contributed by atoms with Crippen molar-refractivity contribution >= 4 is 22.8 Å². The maximum atomic E-state index is 13.0. The second-order valence-corrected chi connectivity index (χ2v) is 7.58. The Morgan fingerprint density at radius 1 is 1.00 bits per heavy atom. The number of nitrogens with one attached hydrogen (secondary N) is 1. The Balaban J connectivity index is 1.58. The molecule has 0 saturated carbocycles. The summed E-state index contributed by atoms with van der Waals surface area (Å²) in [6, 6.07) is 16.8. The molecular formula is C23H26N4O3. The van der Waals surface area contributed by atoms with Gasteiger partial charge in [0, 0.05) is 26.1 Å². The molecule has 1 aliphatic rings. The van der Waals surface area contributed by atoms with Gasteiger partial charge in [0.15, 0.2) is 0 Å². The number of benzene rings is 2. The lowest BCUT2D eigenvalue weighted by atomic mass is 10.1. The standard InChI is InChI=1S/C23H26N4O3/c1-2-26-19-11-6-7-12-20(19)27(23(26)30)16-21(28)24-18(17-9-4-3-5-10-17)15-25-14-8-13-22(25)29/h3-7,9-12,18H,2,8,13-16H2,1H3,(H,24,28). The smallest absolute Gasteiger partial charge is 0.329 e. The van der Waals surface area contributed by atoms with Gasteiger partial charge >= 0.3 is 5.69 Å². The number of hydrogen-bond acceptors (Lipinski definition) is 3. The van der Waals surface area contributed by atoms with Gasteiger partial charge < -0.3 is 10.2 Å². The van der Waals surface area contributed by atoms with Gasteiger partial charge in [-0.3, -0.25) is 18.7 Å². The zero-order valence-corrected chi connectivity index (χ0v) is 17.1. The van der Waals surface area contributed by atoms with Crippen LogP contribution in [-0.4, -0.2) is 38.9 Å². The van der Waals surface area contributed by atoms with E-state index < -0.39 is 0 Å². The quantitative estimate of drug-likeness (QED) is 0.654. The number of rotatable bonds is 7. The van der Waals surface area contributed by atoms with Gasteiger partial charge in [-0.15, -0.1) is 0 Å². The van der Waals surface area contributed by atoms with E-state index in [4.69, 9.17) is 0 Å². The van der Waals surface area contributed by atoms with Crippen molar-refractivity contribution in [1.29, 1.82) is 0 Å². The molecule has 1 fully saturated rings. The molecule has 0 aliphatic carbocycles. The molecule has 0 spiro atoms. The van der Waals surface area contributed by atoms with Crippen molar-refractivity contribution in [2.24, 2.45) is 0 Å². The van der Waals surface area contributed by atoms with E-state index in [1.807, 2.05) is 61.5 Å². The monoisotopic (exact) mass is 406 g/mol. The lowest BCUT2D eigenvalue weighted by molar-refractivity contribution is -0.129. The molecule has 7 nitrogen and oxygen atoms in total. The average Bonchev–Trinajstić information content (AvgIpc) is 3.28. The summed E-state index contributed by atoms with van der Waals surface area (Å²) in [6.07, 6.45) is 1.40. The van der Waals surface area contributed by atoms with E-state index in [0.29, 0.717) is 26.1 Å². The first-order chi connectivity index (χ1) is 14.6. The van der Waals surface area contributed by atoms with Crippen LogP contribution in [0.5, 0.6) is 0 Å². The lowest BCUT2D eigenvalue weighted by Gasteiger charge is -2.25.